The van der Waals surface area contributed by atoms with Gasteiger partial charge in [0, 0.05) is 24.6 Å². The van der Waals surface area contributed by atoms with Gasteiger partial charge in [0.25, 0.3) is 0 Å². The van der Waals surface area contributed by atoms with E-state index in [0.29, 0.717) is 41.4 Å². The molecule has 0 spiro atoms. The summed E-state index contributed by atoms with van der Waals surface area (Å²) in [7, 11) is 4.45. The molecule has 1 aromatic heterocycles. The maximum absolute atomic E-state index is 12.8. The molecular formula is C20H21N3O6S. The van der Waals surface area contributed by atoms with Crippen LogP contribution in [0.25, 0.3) is 10.9 Å². The van der Waals surface area contributed by atoms with Crippen molar-refractivity contribution in [2.75, 3.05) is 46.1 Å². The number of ketones is 2. The minimum atomic E-state index is -0.431. The third-order valence-corrected chi connectivity index (χ3v) is 5.11. The molecule has 9 nitrogen and oxygen atoms in total. The summed E-state index contributed by atoms with van der Waals surface area (Å²) >= 11 is 1.17. The molecule has 0 radical (unpaired) electrons. The quantitative estimate of drug-likeness (QED) is 0.469. The van der Waals surface area contributed by atoms with Gasteiger partial charge in [0.1, 0.15) is 24.4 Å². The molecule has 0 bridgehead atoms. The molecule has 2 aromatic rings. The van der Waals surface area contributed by atoms with E-state index in [4.69, 9.17) is 18.9 Å². The Morgan fingerprint density at radius 3 is 2.50 bits per heavy atom. The van der Waals surface area contributed by atoms with Crippen molar-refractivity contribution in [1.82, 2.24) is 9.97 Å². The van der Waals surface area contributed by atoms with Crippen molar-refractivity contribution in [3.8, 4) is 11.5 Å². The van der Waals surface area contributed by atoms with Crippen LogP contribution < -0.4 is 14.8 Å². The first-order valence-corrected chi connectivity index (χ1v) is 10.1. The molecule has 0 aliphatic heterocycles. The fraction of sp³-hybridized carbons (Fsp3) is 0.300. The second-order valence-electron chi connectivity index (χ2n) is 6.02. The van der Waals surface area contributed by atoms with E-state index >= 15 is 0 Å². The monoisotopic (exact) mass is 431 g/mol. The van der Waals surface area contributed by atoms with Crippen molar-refractivity contribution < 1.29 is 28.5 Å². The van der Waals surface area contributed by atoms with E-state index in [-0.39, 0.29) is 22.1 Å². The Labute approximate surface area is 177 Å². The highest BCUT2D eigenvalue weighted by atomic mass is 32.2. The van der Waals surface area contributed by atoms with Gasteiger partial charge in [-0.15, -0.1) is 11.8 Å². The van der Waals surface area contributed by atoms with Crippen LogP contribution in [0.4, 0.5) is 5.82 Å². The summed E-state index contributed by atoms with van der Waals surface area (Å²) in [5, 5.41) is 3.59. The first kappa shape index (κ1) is 21.6. The normalized spacial score (nSPS) is 14.1. The topological polar surface area (TPSA) is 109 Å². The molecule has 1 aliphatic carbocycles. The average Bonchev–Trinajstić information content (AvgIpc) is 2.76. The number of carbonyl (C=O) groups excluding carboxylic acids is 2. The summed E-state index contributed by atoms with van der Waals surface area (Å²) in [5.74, 6) is 0.543. The number of thioether (sulfide) groups is 1. The van der Waals surface area contributed by atoms with Gasteiger partial charge in [-0.2, -0.15) is 0 Å². The molecule has 0 unspecified atom stereocenters. The van der Waals surface area contributed by atoms with E-state index in [0.717, 1.165) is 0 Å². The molecule has 0 amide bonds. The Hall–Kier alpha value is -3.11. The van der Waals surface area contributed by atoms with Crippen molar-refractivity contribution in [2.45, 2.75) is 0 Å². The number of fused-ring (bicyclic) bond motifs is 1. The molecule has 1 heterocycles. The van der Waals surface area contributed by atoms with E-state index in [9.17, 15) is 9.59 Å². The van der Waals surface area contributed by atoms with E-state index in [2.05, 4.69) is 15.3 Å². The maximum Gasteiger partial charge on any atom is 0.245 e. The van der Waals surface area contributed by atoms with Crippen molar-refractivity contribution in [1.29, 1.82) is 0 Å². The van der Waals surface area contributed by atoms with Gasteiger partial charge in [-0.3, -0.25) is 9.59 Å². The molecule has 0 fully saturated rings. The number of hydrogen-bond acceptors (Lipinski definition) is 10. The standard InChI is InChI=1S/C20H21N3O6S/c1-26-5-6-29-15-8-12-11(7-14(15)27-2)20(22-10-21-12)23-17-18(25)16(28-3)9-13(24)19(17)30-4/h7-10H,5-6H2,1-4H3,(H,21,22,23). The lowest BCUT2D eigenvalue weighted by Gasteiger charge is -2.19. The number of methoxy groups -OCH3 is 3. The minimum absolute atomic E-state index is 0.0370. The molecular weight excluding hydrogens is 410 g/mol. The van der Waals surface area contributed by atoms with Gasteiger partial charge in [-0.25, -0.2) is 9.97 Å². The lowest BCUT2D eigenvalue weighted by molar-refractivity contribution is -0.117. The summed E-state index contributed by atoms with van der Waals surface area (Å²) in [6.07, 6.45) is 4.26. The number of ether oxygens (including phenoxy) is 4. The predicted octanol–water partition coefficient (Wildman–Crippen LogP) is 2.33. The van der Waals surface area contributed by atoms with Crippen LogP contribution in [0.15, 0.2) is 40.9 Å². The van der Waals surface area contributed by atoms with Gasteiger partial charge < -0.3 is 24.3 Å². The summed E-state index contributed by atoms with van der Waals surface area (Å²) < 4.78 is 21.2. The van der Waals surface area contributed by atoms with Gasteiger partial charge in [-0.1, -0.05) is 0 Å². The fourth-order valence-electron chi connectivity index (χ4n) is 2.86. The zero-order chi connectivity index (χ0) is 21.7. The van der Waals surface area contributed by atoms with Crippen molar-refractivity contribution >= 4 is 40.0 Å². The van der Waals surface area contributed by atoms with Gasteiger partial charge in [0.05, 0.1) is 31.2 Å². The van der Waals surface area contributed by atoms with Crippen LogP contribution in [-0.2, 0) is 19.1 Å². The van der Waals surface area contributed by atoms with Gasteiger partial charge in [-0.05, 0) is 12.3 Å². The smallest absolute Gasteiger partial charge is 0.245 e. The highest BCUT2D eigenvalue weighted by Crippen LogP contribution is 2.35. The number of allylic oxidation sites excluding steroid dienone is 2. The van der Waals surface area contributed by atoms with Crippen molar-refractivity contribution in [2.24, 2.45) is 0 Å². The van der Waals surface area contributed by atoms with E-state index in [1.165, 1.54) is 38.4 Å². The van der Waals surface area contributed by atoms with Gasteiger partial charge >= 0.3 is 0 Å². The lowest BCUT2D eigenvalue weighted by Crippen LogP contribution is -2.24. The van der Waals surface area contributed by atoms with E-state index in [1.54, 1.807) is 25.5 Å². The second-order valence-corrected chi connectivity index (χ2v) is 6.84. The second kappa shape index (κ2) is 9.59. The van der Waals surface area contributed by atoms with E-state index < -0.39 is 5.78 Å². The number of nitrogens with one attached hydrogen (secondary N) is 1. The number of hydrogen-bond donors (Lipinski definition) is 1. The van der Waals surface area contributed by atoms with Crippen LogP contribution in [0.5, 0.6) is 11.5 Å². The summed E-state index contributed by atoms with van der Waals surface area (Å²) in [5.41, 5.74) is 0.676. The Bertz CT molecular complexity index is 1050. The molecule has 0 saturated carbocycles. The molecule has 1 aromatic carbocycles. The molecule has 1 N–H and O–H groups in total. The van der Waals surface area contributed by atoms with Crippen LogP contribution in [0.1, 0.15) is 0 Å². The lowest BCUT2D eigenvalue weighted by atomic mass is 10.1. The number of anilines is 1. The molecule has 3 rings (SSSR count). The number of rotatable bonds is 9. The zero-order valence-electron chi connectivity index (χ0n) is 17.0. The van der Waals surface area contributed by atoms with Crippen molar-refractivity contribution in [3.63, 3.8) is 0 Å². The third kappa shape index (κ3) is 4.24. The number of benzene rings is 1. The highest BCUT2D eigenvalue weighted by molar-refractivity contribution is 8.03. The molecule has 158 valence electrons. The Morgan fingerprint density at radius 2 is 1.83 bits per heavy atom. The molecule has 0 saturated heterocycles. The fourth-order valence-corrected chi connectivity index (χ4v) is 3.46. The van der Waals surface area contributed by atoms with Gasteiger partial charge in [0.15, 0.2) is 23.0 Å². The molecule has 1 aliphatic rings. The zero-order valence-corrected chi connectivity index (χ0v) is 17.8. The predicted molar refractivity (Wildman–Crippen MR) is 113 cm³/mol. The highest BCUT2D eigenvalue weighted by Gasteiger charge is 2.30. The number of Topliss-reactive ketones (excluding diaryl/α,β-unsaturated/α-hetero) is 1. The van der Waals surface area contributed by atoms with Crippen LogP contribution >= 0.6 is 11.8 Å². The SMILES string of the molecule is COCCOc1cc2ncnc(NC3=C(SC)C(=O)C=C(OC)C3=O)c2cc1OC. The molecule has 30 heavy (non-hydrogen) atoms. The summed E-state index contributed by atoms with van der Waals surface area (Å²) in [4.78, 5) is 33.9. The van der Waals surface area contributed by atoms with E-state index in [1.807, 2.05) is 0 Å². The summed E-state index contributed by atoms with van der Waals surface area (Å²) in [6, 6.07) is 3.43. The average molecular weight is 431 g/mol. The van der Waals surface area contributed by atoms with Crippen LogP contribution in [0, 0.1) is 0 Å². The van der Waals surface area contributed by atoms with Gasteiger partial charge in [0.2, 0.25) is 5.78 Å². The third-order valence-electron chi connectivity index (χ3n) is 4.30. The summed E-state index contributed by atoms with van der Waals surface area (Å²) in [6.45, 7) is 0.774. The first-order valence-electron chi connectivity index (χ1n) is 8.88. The molecule has 0 atom stereocenters. The minimum Gasteiger partial charge on any atom is -0.493 e. The Morgan fingerprint density at radius 1 is 1.03 bits per heavy atom. The van der Waals surface area contributed by atoms with Crippen molar-refractivity contribution in [3.05, 3.63) is 40.9 Å². The van der Waals surface area contributed by atoms with Crippen LogP contribution in [0.2, 0.25) is 0 Å². The maximum atomic E-state index is 12.8. The number of nitrogens with zero attached hydrogens (tertiary/aromatic N) is 2. The van der Waals surface area contributed by atoms with Crippen LogP contribution in [-0.4, -0.2) is 62.3 Å². The number of aromatic nitrogens is 2. The Balaban J connectivity index is 2.04. The number of carbonyl (C=O) groups is 2. The Kier molecular flexibility index (Phi) is 6.91. The van der Waals surface area contributed by atoms with Crippen LogP contribution in [0.3, 0.4) is 0 Å². The molecule has 10 heteroatoms. The first-order chi connectivity index (χ1) is 14.5. The largest absolute Gasteiger partial charge is 0.493 e.